The van der Waals surface area contributed by atoms with Crippen LogP contribution >= 0.6 is 0 Å². The van der Waals surface area contributed by atoms with Crippen LogP contribution in [0.5, 0.6) is 0 Å². The molecule has 0 saturated carbocycles. The first-order chi connectivity index (χ1) is 14.0. The van der Waals surface area contributed by atoms with Gasteiger partial charge in [-0.1, -0.05) is 24.3 Å². The van der Waals surface area contributed by atoms with E-state index in [4.69, 9.17) is 10.8 Å². The molecule has 0 spiro atoms. The zero-order chi connectivity index (χ0) is 20.6. The van der Waals surface area contributed by atoms with Crippen molar-refractivity contribution in [3.63, 3.8) is 0 Å². The Hall–Kier alpha value is -3.19. The summed E-state index contributed by atoms with van der Waals surface area (Å²) in [6.07, 6.45) is 3.04. The number of rotatable bonds is 9. The Morgan fingerprint density at radius 1 is 1.14 bits per heavy atom. The molecule has 1 atom stereocenters. The van der Waals surface area contributed by atoms with Gasteiger partial charge in [0, 0.05) is 24.2 Å². The summed E-state index contributed by atoms with van der Waals surface area (Å²) in [5.74, 6) is -0.134. The molecule has 152 valence electrons. The molecule has 7 nitrogen and oxygen atoms in total. The fourth-order valence-electron chi connectivity index (χ4n) is 3.21. The zero-order valence-electron chi connectivity index (χ0n) is 16.2. The van der Waals surface area contributed by atoms with Gasteiger partial charge in [0.05, 0.1) is 12.4 Å². The highest BCUT2D eigenvalue weighted by molar-refractivity contribution is 6.04. The van der Waals surface area contributed by atoms with Crippen LogP contribution in [0.15, 0.2) is 53.5 Å². The van der Waals surface area contributed by atoms with Crippen molar-refractivity contribution in [1.82, 2.24) is 5.32 Å². The Balaban J connectivity index is 1.54. The number of nitrogens with two attached hydrogens (primary N) is 1. The van der Waals surface area contributed by atoms with Crippen molar-refractivity contribution < 1.29 is 14.7 Å². The van der Waals surface area contributed by atoms with E-state index < -0.39 is 12.0 Å². The number of nitrogens with zero attached hydrogens (tertiary/aromatic N) is 1. The average Bonchev–Trinajstić information content (AvgIpc) is 3.23. The van der Waals surface area contributed by atoms with E-state index in [2.05, 4.69) is 15.6 Å². The number of carboxylic acid groups (broad SMARTS) is 1. The van der Waals surface area contributed by atoms with Crippen LogP contribution in [-0.2, 0) is 17.6 Å². The van der Waals surface area contributed by atoms with E-state index in [1.54, 1.807) is 30.3 Å². The summed E-state index contributed by atoms with van der Waals surface area (Å²) in [5, 5.41) is 15.0. The lowest BCUT2D eigenvalue weighted by Gasteiger charge is -2.09. The summed E-state index contributed by atoms with van der Waals surface area (Å²) < 4.78 is 0. The highest BCUT2D eigenvalue weighted by Gasteiger charge is 2.12. The Bertz CT molecular complexity index is 893. The second-order valence-corrected chi connectivity index (χ2v) is 7.11. The van der Waals surface area contributed by atoms with Crippen molar-refractivity contribution in [2.45, 2.75) is 31.7 Å². The van der Waals surface area contributed by atoms with Crippen molar-refractivity contribution in [2.24, 2.45) is 10.7 Å². The zero-order valence-corrected chi connectivity index (χ0v) is 16.2. The van der Waals surface area contributed by atoms with Crippen LogP contribution in [0.3, 0.4) is 0 Å². The summed E-state index contributed by atoms with van der Waals surface area (Å²) in [7, 11) is 0. The minimum atomic E-state index is -1.03. The number of amides is 1. The molecule has 7 heteroatoms. The van der Waals surface area contributed by atoms with Gasteiger partial charge in [-0.2, -0.15) is 0 Å². The molecule has 1 aliphatic rings. The second-order valence-electron chi connectivity index (χ2n) is 7.11. The fraction of sp³-hybridized carbons (Fsp3) is 0.318. The van der Waals surface area contributed by atoms with Crippen LogP contribution in [0.4, 0.5) is 5.69 Å². The van der Waals surface area contributed by atoms with E-state index in [1.807, 2.05) is 18.2 Å². The van der Waals surface area contributed by atoms with Crippen LogP contribution in [0.25, 0.3) is 0 Å². The number of benzene rings is 2. The lowest BCUT2D eigenvalue weighted by atomic mass is 10.0. The lowest BCUT2D eigenvalue weighted by Crippen LogP contribution is -2.32. The average molecular weight is 394 g/mol. The number of hydrogen-bond donors (Lipinski definition) is 4. The molecule has 0 aliphatic carbocycles. The minimum absolute atomic E-state index is 0.177. The van der Waals surface area contributed by atoms with E-state index in [0.717, 1.165) is 49.3 Å². The standard InChI is InChI=1S/C22H26N4O3/c23-19(22(28)29)14-16-7-9-18(10-8-16)26-21(27)17-5-1-3-15(13-17)4-2-6-20-24-11-12-25-20/h1,3,5,7-10,13,19H,2,4,6,11-12,14,23H2,(H,24,25)(H,26,27)(H,28,29). The van der Waals surface area contributed by atoms with E-state index in [1.165, 1.54) is 0 Å². The van der Waals surface area contributed by atoms with Crippen LogP contribution in [0.2, 0.25) is 0 Å². The third kappa shape index (κ3) is 6.15. The van der Waals surface area contributed by atoms with Crippen molar-refractivity contribution in [1.29, 1.82) is 0 Å². The van der Waals surface area contributed by atoms with E-state index >= 15 is 0 Å². The van der Waals surface area contributed by atoms with Gasteiger partial charge in [-0.15, -0.1) is 0 Å². The normalized spacial score (nSPS) is 14.0. The first kappa shape index (κ1) is 20.5. The Morgan fingerprint density at radius 2 is 1.93 bits per heavy atom. The molecule has 5 N–H and O–H groups in total. The molecule has 0 bridgehead atoms. The van der Waals surface area contributed by atoms with Crippen molar-refractivity contribution in [3.8, 4) is 0 Å². The van der Waals surface area contributed by atoms with E-state index in [9.17, 15) is 9.59 Å². The van der Waals surface area contributed by atoms with Crippen LogP contribution < -0.4 is 16.4 Å². The number of anilines is 1. The van der Waals surface area contributed by atoms with Crippen molar-refractivity contribution in [2.75, 3.05) is 18.4 Å². The number of aliphatic carboxylic acids is 1. The van der Waals surface area contributed by atoms with Crippen LogP contribution in [0, 0.1) is 0 Å². The molecule has 0 aromatic heterocycles. The highest BCUT2D eigenvalue weighted by atomic mass is 16.4. The molecule has 29 heavy (non-hydrogen) atoms. The van der Waals surface area contributed by atoms with Gasteiger partial charge in [0.15, 0.2) is 0 Å². The molecule has 1 unspecified atom stereocenters. The lowest BCUT2D eigenvalue weighted by molar-refractivity contribution is -0.138. The molecule has 0 radical (unpaired) electrons. The molecule has 3 rings (SSSR count). The maximum absolute atomic E-state index is 12.6. The number of carbonyl (C=O) groups is 2. The molecule has 1 aliphatic heterocycles. The predicted octanol–water partition coefficient (Wildman–Crippen LogP) is 2.22. The number of carbonyl (C=O) groups excluding carboxylic acids is 1. The van der Waals surface area contributed by atoms with Gasteiger partial charge in [0.2, 0.25) is 0 Å². The Morgan fingerprint density at radius 3 is 2.62 bits per heavy atom. The quantitative estimate of drug-likeness (QED) is 0.520. The molecule has 1 amide bonds. The predicted molar refractivity (Wildman–Crippen MR) is 113 cm³/mol. The molecule has 0 fully saturated rings. The first-order valence-corrected chi connectivity index (χ1v) is 9.76. The monoisotopic (exact) mass is 394 g/mol. The molecular weight excluding hydrogens is 368 g/mol. The van der Waals surface area contributed by atoms with Crippen molar-refractivity contribution >= 4 is 23.4 Å². The fourth-order valence-corrected chi connectivity index (χ4v) is 3.21. The highest BCUT2D eigenvalue weighted by Crippen LogP contribution is 2.14. The first-order valence-electron chi connectivity index (χ1n) is 9.76. The summed E-state index contributed by atoms with van der Waals surface area (Å²) in [4.78, 5) is 27.8. The number of aryl methyl sites for hydroxylation is 1. The number of aliphatic imine (C=N–C) groups is 1. The Kier molecular flexibility index (Phi) is 6.97. The summed E-state index contributed by atoms with van der Waals surface area (Å²) in [5.41, 5.74) is 8.73. The maximum Gasteiger partial charge on any atom is 0.320 e. The third-order valence-corrected chi connectivity index (χ3v) is 4.80. The third-order valence-electron chi connectivity index (χ3n) is 4.80. The SMILES string of the molecule is NC(Cc1ccc(NC(=O)c2cccc(CCCC3=NCCN3)c2)cc1)C(=O)O. The Labute approximate surface area is 170 Å². The van der Waals surface area contributed by atoms with Gasteiger partial charge in [0.1, 0.15) is 6.04 Å². The van der Waals surface area contributed by atoms with Gasteiger partial charge in [-0.25, -0.2) is 0 Å². The van der Waals surface area contributed by atoms with Gasteiger partial charge in [0.25, 0.3) is 5.91 Å². The van der Waals surface area contributed by atoms with Crippen LogP contribution in [0.1, 0.15) is 34.3 Å². The van der Waals surface area contributed by atoms with Gasteiger partial charge < -0.3 is 21.5 Å². The minimum Gasteiger partial charge on any atom is -0.480 e. The maximum atomic E-state index is 12.6. The van der Waals surface area contributed by atoms with E-state index in [-0.39, 0.29) is 12.3 Å². The van der Waals surface area contributed by atoms with Crippen LogP contribution in [-0.4, -0.2) is 41.9 Å². The molecule has 2 aromatic rings. The summed E-state index contributed by atoms with van der Waals surface area (Å²) in [6.45, 7) is 1.79. The molecule has 1 heterocycles. The smallest absolute Gasteiger partial charge is 0.320 e. The molecule has 2 aromatic carbocycles. The van der Waals surface area contributed by atoms with E-state index in [0.29, 0.717) is 11.3 Å². The number of hydrogen-bond acceptors (Lipinski definition) is 5. The topological polar surface area (TPSA) is 117 Å². The van der Waals surface area contributed by atoms with Crippen molar-refractivity contribution in [3.05, 3.63) is 65.2 Å². The second kappa shape index (κ2) is 9.84. The number of amidine groups is 1. The summed E-state index contributed by atoms with van der Waals surface area (Å²) >= 11 is 0. The summed E-state index contributed by atoms with van der Waals surface area (Å²) in [6, 6.07) is 13.7. The number of carboxylic acids is 1. The molecular formula is C22H26N4O3. The van der Waals surface area contributed by atoms with Gasteiger partial charge in [-0.3, -0.25) is 14.6 Å². The molecule has 0 saturated heterocycles. The van der Waals surface area contributed by atoms with Gasteiger partial charge in [-0.05, 0) is 54.7 Å². The largest absolute Gasteiger partial charge is 0.480 e. The number of nitrogens with one attached hydrogen (secondary N) is 2. The van der Waals surface area contributed by atoms with Gasteiger partial charge >= 0.3 is 5.97 Å².